The van der Waals surface area contributed by atoms with Crippen LogP contribution in [0, 0.1) is 11.3 Å². The fourth-order valence-electron chi connectivity index (χ4n) is 2.32. The first-order chi connectivity index (χ1) is 8.33. The second-order valence-electron chi connectivity index (χ2n) is 4.51. The number of para-hydroxylation sites is 1. The van der Waals surface area contributed by atoms with Crippen LogP contribution in [0.4, 0.5) is 5.69 Å². The second-order valence-corrected chi connectivity index (χ2v) is 4.51. The van der Waals surface area contributed by atoms with E-state index in [1.807, 2.05) is 24.3 Å². The van der Waals surface area contributed by atoms with Crippen LogP contribution in [-0.4, -0.2) is 30.6 Å². The standard InChI is InChI=1S/C14H19N3/c1-2-17-9-7-13(8-10-17)16-14-6-4-3-5-12(14)11-15/h3-6,13,16H,2,7-10H2,1H3. The van der Waals surface area contributed by atoms with Crippen molar-refractivity contribution in [3.8, 4) is 6.07 Å². The lowest BCUT2D eigenvalue weighted by Crippen LogP contribution is -2.38. The first-order valence-corrected chi connectivity index (χ1v) is 6.31. The number of hydrogen-bond acceptors (Lipinski definition) is 3. The quantitative estimate of drug-likeness (QED) is 0.865. The Balaban J connectivity index is 1.96. The molecule has 3 nitrogen and oxygen atoms in total. The number of nitrogens with zero attached hydrogens (tertiary/aromatic N) is 2. The van der Waals surface area contributed by atoms with Gasteiger partial charge >= 0.3 is 0 Å². The normalized spacial score (nSPS) is 17.6. The fraction of sp³-hybridized carbons (Fsp3) is 0.500. The molecule has 0 bridgehead atoms. The average molecular weight is 229 g/mol. The molecular formula is C14H19N3. The smallest absolute Gasteiger partial charge is 0.101 e. The van der Waals surface area contributed by atoms with Crippen LogP contribution < -0.4 is 5.32 Å². The summed E-state index contributed by atoms with van der Waals surface area (Å²) in [6.45, 7) is 5.66. The molecule has 1 fully saturated rings. The second kappa shape index (κ2) is 5.70. The SMILES string of the molecule is CCN1CCC(Nc2ccccc2C#N)CC1. The van der Waals surface area contributed by atoms with E-state index in [4.69, 9.17) is 5.26 Å². The van der Waals surface area contributed by atoms with E-state index >= 15 is 0 Å². The summed E-state index contributed by atoms with van der Waals surface area (Å²) >= 11 is 0. The Kier molecular flexibility index (Phi) is 4.00. The Morgan fingerprint density at radius 3 is 2.71 bits per heavy atom. The van der Waals surface area contributed by atoms with Crippen LogP contribution in [0.5, 0.6) is 0 Å². The third kappa shape index (κ3) is 2.98. The van der Waals surface area contributed by atoms with Gasteiger partial charge in [0.2, 0.25) is 0 Å². The monoisotopic (exact) mass is 229 g/mol. The van der Waals surface area contributed by atoms with Crippen molar-refractivity contribution in [1.29, 1.82) is 5.26 Å². The number of anilines is 1. The van der Waals surface area contributed by atoms with Crippen LogP contribution in [0.25, 0.3) is 0 Å². The molecular weight excluding hydrogens is 210 g/mol. The van der Waals surface area contributed by atoms with E-state index in [0.29, 0.717) is 6.04 Å². The number of benzene rings is 1. The van der Waals surface area contributed by atoms with E-state index in [-0.39, 0.29) is 0 Å². The molecule has 0 spiro atoms. The highest BCUT2D eigenvalue weighted by Gasteiger charge is 2.18. The highest BCUT2D eigenvalue weighted by atomic mass is 15.1. The molecule has 1 N–H and O–H groups in total. The van der Waals surface area contributed by atoms with Gasteiger partial charge in [0.1, 0.15) is 6.07 Å². The van der Waals surface area contributed by atoms with Gasteiger partial charge in [0.15, 0.2) is 0 Å². The molecule has 0 unspecified atom stereocenters. The molecule has 0 saturated carbocycles. The number of hydrogen-bond donors (Lipinski definition) is 1. The summed E-state index contributed by atoms with van der Waals surface area (Å²) in [5.41, 5.74) is 1.72. The molecule has 2 rings (SSSR count). The van der Waals surface area contributed by atoms with Crippen LogP contribution in [0.2, 0.25) is 0 Å². The van der Waals surface area contributed by atoms with E-state index in [2.05, 4.69) is 23.2 Å². The molecule has 0 radical (unpaired) electrons. The Labute approximate surface area is 103 Å². The molecule has 3 heteroatoms. The van der Waals surface area contributed by atoms with Crippen molar-refractivity contribution in [2.45, 2.75) is 25.8 Å². The lowest BCUT2D eigenvalue weighted by Gasteiger charge is -2.32. The molecule has 0 atom stereocenters. The zero-order valence-electron chi connectivity index (χ0n) is 10.3. The van der Waals surface area contributed by atoms with Crippen LogP contribution in [0.1, 0.15) is 25.3 Å². The summed E-state index contributed by atoms with van der Waals surface area (Å²) in [7, 11) is 0. The van der Waals surface area contributed by atoms with Crippen LogP contribution >= 0.6 is 0 Å². The lowest BCUT2D eigenvalue weighted by atomic mass is 10.0. The van der Waals surface area contributed by atoms with Gasteiger partial charge in [0.05, 0.1) is 11.3 Å². The maximum atomic E-state index is 9.03. The van der Waals surface area contributed by atoms with Gasteiger partial charge < -0.3 is 10.2 Å². The van der Waals surface area contributed by atoms with Crippen molar-refractivity contribution in [2.75, 3.05) is 25.0 Å². The Bertz CT molecular complexity index is 400. The van der Waals surface area contributed by atoms with Crippen LogP contribution in [0.15, 0.2) is 24.3 Å². The van der Waals surface area contributed by atoms with E-state index in [9.17, 15) is 0 Å². The third-order valence-electron chi connectivity index (χ3n) is 3.44. The number of nitrogens with one attached hydrogen (secondary N) is 1. The minimum Gasteiger partial charge on any atom is -0.381 e. The number of nitriles is 1. The third-order valence-corrected chi connectivity index (χ3v) is 3.44. The molecule has 0 aromatic heterocycles. The molecule has 1 aromatic rings. The largest absolute Gasteiger partial charge is 0.381 e. The molecule has 1 aliphatic rings. The number of rotatable bonds is 3. The Morgan fingerprint density at radius 2 is 2.06 bits per heavy atom. The van der Waals surface area contributed by atoms with Crippen molar-refractivity contribution >= 4 is 5.69 Å². The van der Waals surface area contributed by atoms with E-state index in [0.717, 1.165) is 43.7 Å². The van der Waals surface area contributed by atoms with Gasteiger partial charge in [0.25, 0.3) is 0 Å². The molecule has 90 valence electrons. The van der Waals surface area contributed by atoms with Crippen molar-refractivity contribution in [2.24, 2.45) is 0 Å². The zero-order chi connectivity index (χ0) is 12.1. The van der Waals surface area contributed by atoms with E-state index < -0.39 is 0 Å². The topological polar surface area (TPSA) is 39.1 Å². The maximum Gasteiger partial charge on any atom is 0.101 e. The summed E-state index contributed by atoms with van der Waals surface area (Å²) in [6.07, 6.45) is 2.32. The van der Waals surface area contributed by atoms with Crippen LogP contribution in [0.3, 0.4) is 0 Å². The summed E-state index contributed by atoms with van der Waals surface area (Å²) in [5, 5.41) is 12.5. The van der Waals surface area contributed by atoms with Gasteiger partial charge in [0, 0.05) is 19.1 Å². The van der Waals surface area contributed by atoms with Crippen LogP contribution in [-0.2, 0) is 0 Å². The maximum absolute atomic E-state index is 9.03. The lowest BCUT2D eigenvalue weighted by molar-refractivity contribution is 0.229. The van der Waals surface area contributed by atoms with Gasteiger partial charge in [-0.25, -0.2) is 0 Å². The molecule has 0 aliphatic carbocycles. The number of likely N-dealkylation sites (tertiary alicyclic amines) is 1. The van der Waals surface area contributed by atoms with Crippen molar-refractivity contribution < 1.29 is 0 Å². The summed E-state index contributed by atoms with van der Waals surface area (Å²) in [4.78, 5) is 2.47. The minimum atomic E-state index is 0.507. The predicted octanol–water partition coefficient (Wildman–Crippen LogP) is 2.45. The van der Waals surface area contributed by atoms with Crippen molar-refractivity contribution in [3.63, 3.8) is 0 Å². The molecule has 0 amide bonds. The molecule has 1 saturated heterocycles. The van der Waals surface area contributed by atoms with Gasteiger partial charge in [-0.3, -0.25) is 0 Å². The zero-order valence-corrected chi connectivity index (χ0v) is 10.3. The highest BCUT2D eigenvalue weighted by molar-refractivity contribution is 5.57. The summed E-state index contributed by atoms with van der Waals surface area (Å²) < 4.78 is 0. The molecule has 1 heterocycles. The van der Waals surface area contributed by atoms with Gasteiger partial charge in [-0.15, -0.1) is 0 Å². The van der Waals surface area contributed by atoms with Crippen molar-refractivity contribution in [3.05, 3.63) is 29.8 Å². The fourth-order valence-corrected chi connectivity index (χ4v) is 2.32. The Hall–Kier alpha value is -1.53. The summed E-state index contributed by atoms with van der Waals surface area (Å²) in [6, 6.07) is 10.5. The van der Waals surface area contributed by atoms with Gasteiger partial charge in [-0.2, -0.15) is 5.26 Å². The average Bonchev–Trinajstić information content (AvgIpc) is 2.40. The van der Waals surface area contributed by atoms with Gasteiger partial charge in [-0.1, -0.05) is 19.1 Å². The predicted molar refractivity (Wildman–Crippen MR) is 69.9 cm³/mol. The molecule has 1 aromatic carbocycles. The molecule has 1 aliphatic heterocycles. The highest BCUT2D eigenvalue weighted by Crippen LogP contribution is 2.19. The Morgan fingerprint density at radius 1 is 1.35 bits per heavy atom. The van der Waals surface area contributed by atoms with E-state index in [1.54, 1.807) is 0 Å². The number of piperidine rings is 1. The van der Waals surface area contributed by atoms with E-state index in [1.165, 1.54) is 0 Å². The van der Waals surface area contributed by atoms with Crippen molar-refractivity contribution in [1.82, 2.24) is 4.90 Å². The first-order valence-electron chi connectivity index (χ1n) is 6.31. The minimum absolute atomic E-state index is 0.507. The summed E-state index contributed by atoms with van der Waals surface area (Å²) in [5.74, 6) is 0. The first kappa shape index (κ1) is 11.9. The molecule has 17 heavy (non-hydrogen) atoms. The van der Waals surface area contributed by atoms with Gasteiger partial charge in [-0.05, 0) is 31.5 Å².